The second-order valence-corrected chi connectivity index (χ2v) is 5.21. The van der Waals surface area contributed by atoms with Gasteiger partial charge < -0.3 is 20.4 Å². The molecule has 1 aliphatic rings. The van der Waals surface area contributed by atoms with E-state index < -0.39 is 12.2 Å². The molecule has 1 aliphatic heterocycles. The molecule has 1 saturated heterocycles. The number of β-amino-alcohol motifs (C(OH)–C–C–N with tert-alkyl or cyclic N) is 2. The van der Waals surface area contributed by atoms with Crippen LogP contribution in [-0.4, -0.2) is 57.8 Å². The molecule has 0 spiro atoms. The summed E-state index contributed by atoms with van der Waals surface area (Å²) < 4.78 is 0. The maximum atomic E-state index is 12.3. The van der Waals surface area contributed by atoms with Crippen molar-refractivity contribution in [1.29, 1.82) is 0 Å². The standard InChI is InChI=1S/C13H18ClN3O3/c1-2-5-15-11-4-3-8(14)12(16-11)13(20)17-6-9(18)10(19)7-17/h3-4,9-10,18-19H,2,5-7H2,1H3,(H,15,16). The Bertz CT molecular complexity index is 488. The van der Waals surface area contributed by atoms with Crippen LogP contribution in [0, 0.1) is 0 Å². The predicted molar refractivity (Wildman–Crippen MR) is 75.9 cm³/mol. The molecule has 1 aromatic heterocycles. The largest absolute Gasteiger partial charge is 0.388 e. The number of nitrogens with one attached hydrogen (secondary N) is 1. The Kier molecular flexibility index (Phi) is 4.80. The Morgan fingerprint density at radius 1 is 1.45 bits per heavy atom. The van der Waals surface area contributed by atoms with Crippen molar-refractivity contribution in [2.45, 2.75) is 25.6 Å². The van der Waals surface area contributed by atoms with Crippen LogP contribution in [0.3, 0.4) is 0 Å². The first-order chi connectivity index (χ1) is 9.52. The molecule has 2 unspecified atom stereocenters. The van der Waals surface area contributed by atoms with Crippen molar-refractivity contribution >= 4 is 23.3 Å². The highest BCUT2D eigenvalue weighted by Gasteiger charge is 2.34. The topological polar surface area (TPSA) is 85.7 Å². The fourth-order valence-corrected chi connectivity index (χ4v) is 2.21. The highest BCUT2D eigenvalue weighted by molar-refractivity contribution is 6.33. The van der Waals surface area contributed by atoms with E-state index in [0.717, 1.165) is 13.0 Å². The Labute approximate surface area is 122 Å². The van der Waals surface area contributed by atoms with E-state index in [1.54, 1.807) is 12.1 Å². The van der Waals surface area contributed by atoms with Gasteiger partial charge in [0, 0.05) is 19.6 Å². The Balaban J connectivity index is 2.16. The maximum Gasteiger partial charge on any atom is 0.274 e. The zero-order chi connectivity index (χ0) is 14.7. The molecule has 20 heavy (non-hydrogen) atoms. The highest BCUT2D eigenvalue weighted by Crippen LogP contribution is 2.21. The second kappa shape index (κ2) is 6.39. The van der Waals surface area contributed by atoms with Crippen molar-refractivity contribution in [2.75, 3.05) is 25.0 Å². The molecule has 7 heteroatoms. The normalized spacial score (nSPS) is 22.1. The lowest BCUT2D eigenvalue weighted by atomic mass is 10.3. The third-order valence-corrected chi connectivity index (χ3v) is 3.46. The number of amides is 1. The highest BCUT2D eigenvalue weighted by atomic mass is 35.5. The molecule has 110 valence electrons. The number of carbonyl (C=O) groups excluding carboxylic acids is 1. The molecule has 0 bridgehead atoms. The van der Waals surface area contributed by atoms with Crippen molar-refractivity contribution < 1.29 is 15.0 Å². The number of anilines is 1. The summed E-state index contributed by atoms with van der Waals surface area (Å²) in [5.41, 5.74) is 0.133. The molecule has 2 heterocycles. The van der Waals surface area contributed by atoms with Crippen molar-refractivity contribution in [3.63, 3.8) is 0 Å². The number of likely N-dealkylation sites (tertiary alicyclic amines) is 1. The van der Waals surface area contributed by atoms with Crippen LogP contribution in [0.1, 0.15) is 23.8 Å². The molecule has 0 saturated carbocycles. The molecular formula is C13H18ClN3O3. The van der Waals surface area contributed by atoms with E-state index in [1.807, 2.05) is 6.92 Å². The van der Waals surface area contributed by atoms with Gasteiger partial charge in [0.2, 0.25) is 0 Å². The van der Waals surface area contributed by atoms with Crippen LogP contribution in [0.2, 0.25) is 5.02 Å². The van der Waals surface area contributed by atoms with Gasteiger partial charge in [0.15, 0.2) is 0 Å². The average molecular weight is 300 g/mol. The Hall–Kier alpha value is -1.37. The average Bonchev–Trinajstić information content (AvgIpc) is 2.77. The maximum absolute atomic E-state index is 12.3. The van der Waals surface area contributed by atoms with Gasteiger partial charge in [0.05, 0.1) is 17.2 Å². The lowest BCUT2D eigenvalue weighted by Gasteiger charge is -2.16. The molecule has 0 aromatic carbocycles. The van der Waals surface area contributed by atoms with Crippen LogP contribution in [0.5, 0.6) is 0 Å². The minimum Gasteiger partial charge on any atom is -0.388 e. The summed E-state index contributed by atoms with van der Waals surface area (Å²) >= 11 is 6.01. The molecule has 6 nitrogen and oxygen atoms in total. The number of pyridine rings is 1. The van der Waals surface area contributed by atoms with Gasteiger partial charge in [-0.05, 0) is 18.6 Å². The minimum absolute atomic E-state index is 0.0879. The molecule has 0 radical (unpaired) electrons. The third-order valence-electron chi connectivity index (χ3n) is 3.15. The first-order valence-corrected chi connectivity index (χ1v) is 6.96. The summed E-state index contributed by atoms with van der Waals surface area (Å²) in [7, 11) is 0. The molecule has 0 aliphatic carbocycles. The number of hydrogen-bond acceptors (Lipinski definition) is 5. The summed E-state index contributed by atoms with van der Waals surface area (Å²) in [6.07, 6.45) is -0.892. The van der Waals surface area contributed by atoms with Gasteiger partial charge in [-0.15, -0.1) is 0 Å². The minimum atomic E-state index is -0.917. The van der Waals surface area contributed by atoms with Crippen molar-refractivity contribution in [1.82, 2.24) is 9.88 Å². The van der Waals surface area contributed by atoms with E-state index >= 15 is 0 Å². The summed E-state index contributed by atoms with van der Waals surface area (Å²) in [5, 5.41) is 22.3. The smallest absolute Gasteiger partial charge is 0.274 e. The second-order valence-electron chi connectivity index (χ2n) is 4.80. The van der Waals surface area contributed by atoms with Crippen LogP contribution < -0.4 is 5.32 Å². The number of hydrogen-bond donors (Lipinski definition) is 3. The summed E-state index contributed by atoms with van der Waals surface area (Å²) in [6, 6.07) is 3.32. The fraction of sp³-hybridized carbons (Fsp3) is 0.538. The molecule has 2 rings (SSSR count). The lowest BCUT2D eigenvalue weighted by molar-refractivity contribution is 0.0572. The van der Waals surface area contributed by atoms with E-state index in [-0.39, 0.29) is 29.7 Å². The van der Waals surface area contributed by atoms with E-state index in [4.69, 9.17) is 11.6 Å². The molecule has 3 N–H and O–H groups in total. The van der Waals surface area contributed by atoms with Crippen LogP contribution in [0.15, 0.2) is 12.1 Å². The number of nitrogens with zero attached hydrogens (tertiary/aromatic N) is 2. The van der Waals surface area contributed by atoms with Gasteiger partial charge in [-0.3, -0.25) is 4.79 Å². The van der Waals surface area contributed by atoms with Crippen LogP contribution in [0.25, 0.3) is 0 Å². The van der Waals surface area contributed by atoms with E-state index in [9.17, 15) is 15.0 Å². The molecule has 1 amide bonds. The lowest BCUT2D eigenvalue weighted by Crippen LogP contribution is -2.31. The summed E-state index contributed by atoms with van der Waals surface area (Å²) in [6.45, 7) is 2.96. The summed E-state index contributed by atoms with van der Waals surface area (Å²) in [4.78, 5) is 17.9. The Morgan fingerprint density at radius 2 is 2.10 bits per heavy atom. The number of aliphatic hydroxyl groups is 2. The van der Waals surface area contributed by atoms with Gasteiger partial charge in [-0.2, -0.15) is 0 Å². The summed E-state index contributed by atoms with van der Waals surface area (Å²) in [5.74, 6) is 0.200. The number of aromatic nitrogens is 1. The number of carbonyl (C=O) groups is 1. The molecule has 1 fully saturated rings. The zero-order valence-corrected chi connectivity index (χ0v) is 12.0. The number of halogens is 1. The van der Waals surface area contributed by atoms with E-state index in [1.165, 1.54) is 4.90 Å². The van der Waals surface area contributed by atoms with Gasteiger partial charge in [-0.25, -0.2) is 4.98 Å². The first kappa shape index (κ1) is 15.0. The quantitative estimate of drug-likeness (QED) is 0.763. The SMILES string of the molecule is CCCNc1ccc(Cl)c(C(=O)N2CC(O)C(O)C2)n1. The zero-order valence-electron chi connectivity index (χ0n) is 11.2. The number of rotatable bonds is 4. The monoisotopic (exact) mass is 299 g/mol. The number of aliphatic hydroxyl groups excluding tert-OH is 2. The van der Waals surface area contributed by atoms with E-state index in [2.05, 4.69) is 10.3 Å². The van der Waals surface area contributed by atoms with Gasteiger partial charge in [0.1, 0.15) is 11.5 Å². The van der Waals surface area contributed by atoms with Crippen LogP contribution in [-0.2, 0) is 0 Å². The Morgan fingerprint density at radius 3 is 2.70 bits per heavy atom. The van der Waals surface area contributed by atoms with E-state index in [0.29, 0.717) is 5.82 Å². The van der Waals surface area contributed by atoms with Gasteiger partial charge >= 0.3 is 0 Å². The van der Waals surface area contributed by atoms with Gasteiger partial charge in [0.25, 0.3) is 5.91 Å². The van der Waals surface area contributed by atoms with Crippen LogP contribution in [0.4, 0.5) is 5.82 Å². The van der Waals surface area contributed by atoms with Crippen LogP contribution >= 0.6 is 11.6 Å². The van der Waals surface area contributed by atoms with Crippen molar-refractivity contribution in [3.8, 4) is 0 Å². The third kappa shape index (κ3) is 3.20. The predicted octanol–water partition coefficient (Wildman–Crippen LogP) is 0.734. The van der Waals surface area contributed by atoms with Gasteiger partial charge in [-0.1, -0.05) is 18.5 Å². The van der Waals surface area contributed by atoms with Crippen molar-refractivity contribution in [3.05, 3.63) is 22.8 Å². The first-order valence-electron chi connectivity index (χ1n) is 6.58. The molecular weight excluding hydrogens is 282 g/mol. The fourth-order valence-electron chi connectivity index (χ4n) is 2.03. The molecule has 1 aromatic rings. The molecule has 2 atom stereocenters. The van der Waals surface area contributed by atoms with Crippen molar-refractivity contribution in [2.24, 2.45) is 0 Å².